The van der Waals surface area contributed by atoms with Gasteiger partial charge in [0, 0.05) is 18.5 Å². The summed E-state index contributed by atoms with van der Waals surface area (Å²) in [5.41, 5.74) is -0.115. The molecule has 18 heavy (non-hydrogen) atoms. The second kappa shape index (κ2) is 10.4. The zero-order valence-corrected chi connectivity index (χ0v) is 12.8. The van der Waals surface area contributed by atoms with Gasteiger partial charge in [0.25, 0.3) is 0 Å². The Morgan fingerprint density at radius 2 is 1.56 bits per heavy atom. The van der Waals surface area contributed by atoms with Crippen LogP contribution in [-0.4, -0.2) is 24.5 Å². The highest BCUT2D eigenvalue weighted by atomic mass is 16.1. The molecule has 0 aliphatic rings. The molecule has 0 aromatic carbocycles. The summed E-state index contributed by atoms with van der Waals surface area (Å²) in [6.07, 6.45) is 8.49. The lowest BCUT2D eigenvalue weighted by Gasteiger charge is -2.20. The van der Waals surface area contributed by atoms with Crippen molar-refractivity contribution >= 4 is 5.91 Å². The number of carbonyl (C=O) groups is 1. The lowest BCUT2D eigenvalue weighted by molar-refractivity contribution is -0.122. The van der Waals surface area contributed by atoms with E-state index in [1.807, 2.05) is 20.8 Å². The molecule has 0 atom stereocenters. The summed E-state index contributed by atoms with van der Waals surface area (Å²) in [7, 11) is 0. The van der Waals surface area contributed by atoms with Crippen LogP contribution in [0.25, 0.3) is 0 Å². The Labute approximate surface area is 113 Å². The van der Waals surface area contributed by atoms with E-state index in [-0.39, 0.29) is 11.4 Å². The molecule has 0 aliphatic heterocycles. The second-order valence-electron chi connectivity index (χ2n) is 6.07. The molecule has 0 aliphatic carbocycles. The smallest absolute Gasteiger partial charge is 0.221 e. The number of carbonyl (C=O) groups excluding carboxylic acids is 1. The van der Waals surface area contributed by atoms with Gasteiger partial charge in [-0.05, 0) is 33.7 Å². The van der Waals surface area contributed by atoms with Crippen molar-refractivity contribution in [1.29, 1.82) is 0 Å². The van der Waals surface area contributed by atoms with Gasteiger partial charge >= 0.3 is 0 Å². The van der Waals surface area contributed by atoms with Crippen molar-refractivity contribution < 1.29 is 4.79 Å². The van der Waals surface area contributed by atoms with Gasteiger partial charge in [-0.2, -0.15) is 0 Å². The molecule has 0 bridgehead atoms. The van der Waals surface area contributed by atoms with Gasteiger partial charge in [-0.1, -0.05) is 39.0 Å². The predicted octanol–water partition coefficient (Wildman–Crippen LogP) is 3.24. The fourth-order valence-electron chi connectivity index (χ4n) is 1.84. The third kappa shape index (κ3) is 13.5. The summed E-state index contributed by atoms with van der Waals surface area (Å²) in [4.78, 5) is 11.5. The molecule has 0 rings (SSSR count). The Hall–Kier alpha value is -0.570. The van der Waals surface area contributed by atoms with Crippen molar-refractivity contribution in [3.8, 4) is 0 Å². The Balaban J connectivity index is 3.23. The Kier molecular flexibility index (Phi) is 10.0. The van der Waals surface area contributed by atoms with E-state index in [1.54, 1.807) is 0 Å². The maximum Gasteiger partial charge on any atom is 0.221 e. The molecule has 3 nitrogen and oxygen atoms in total. The lowest BCUT2D eigenvalue weighted by Crippen LogP contribution is -2.41. The molecule has 0 heterocycles. The van der Waals surface area contributed by atoms with E-state index >= 15 is 0 Å². The number of nitrogens with one attached hydrogen (secondary N) is 2. The first-order valence-corrected chi connectivity index (χ1v) is 7.47. The van der Waals surface area contributed by atoms with Gasteiger partial charge in [0.05, 0.1) is 0 Å². The maximum absolute atomic E-state index is 11.5. The molecular weight excluding hydrogens is 224 g/mol. The summed E-state index contributed by atoms with van der Waals surface area (Å²) in [6.45, 7) is 10.1. The first kappa shape index (κ1) is 17.4. The van der Waals surface area contributed by atoms with Crippen LogP contribution < -0.4 is 10.6 Å². The molecule has 0 saturated carbocycles. The lowest BCUT2D eigenvalue weighted by atomic mass is 10.1. The van der Waals surface area contributed by atoms with Crippen molar-refractivity contribution in [3.05, 3.63) is 0 Å². The Morgan fingerprint density at radius 3 is 2.17 bits per heavy atom. The second-order valence-corrected chi connectivity index (χ2v) is 6.07. The maximum atomic E-state index is 11.5. The van der Waals surface area contributed by atoms with Crippen LogP contribution in [0.3, 0.4) is 0 Å². The average Bonchev–Trinajstić information content (AvgIpc) is 2.24. The number of unbranched alkanes of at least 4 members (excludes halogenated alkanes) is 5. The zero-order valence-electron chi connectivity index (χ0n) is 12.8. The molecular formula is C15H32N2O. The summed E-state index contributed by atoms with van der Waals surface area (Å²) >= 11 is 0. The molecule has 0 radical (unpaired) electrons. The fraction of sp³-hybridized carbons (Fsp3) is 0.933. The molecule has 2 N–H and O–H groups in total. The van der Waals surface area contributed by atoms with Gasteiger partial charge in [0.1, 0.15) is 0 Å². The Bertz CT molecular complexity index is 209. The van der Waals surface area contributed by atoms with Gasteiger partial charge < -0.3 is 10.6 Å². The average molecular weight is 256 g/mol. The van der Waals surface area contributed by atoms with Crippen LogP contribution in [0.1, 0.15) is 72.6 Å². The van der Waals surface area contributed by atoms with Crippen LogP contribution in [0, 0.1) is 0 Å². The zero-order chi connectivity index (χ0) is 13.9. The molecule has 0 fully saturated rings. The number of amides is 1. The highest BCUT2D eigenvalue weighted by Crippen LogP contribution is 2.04. The van der Waals surface area contributed by atoms with Gasteiger partial charge in [-0.25, -0.2) is 0 Å². The summed E-state index contributed by atoms with van der Waals surface area (Å²) in [5, 5.41) is 6.30. The molecule has 108 valence electrons. The third-order valence-corrected chi connectivity index (χ3v) is 2.75. The van der Waals surface area contributed by atoms with Crippen LogP contribution in [0.4, 0.5) is 0 Å². The van der Waals surface area contributed by atoms with Crippen LogP contribution in [-0.2, 0) is 4.79 Å². The van der Waals surface area contributed by atoms with E-state index in [2.05, 4.69) is 17.6 Å². The summed E-state index contributed by atoms with van der Waals surface area (Å²) in [6, 6.07) is 0. The molecule has 0 aromatic heterocycles. The monoisotopic (exact) mass is 256 g/mol. The highest BCUT2D eigenvalue weighted by molar-refractivity contribution is 5.76. The first-order chi connectivity index (χ1) is 8.45. The molecule has 0 unspecified atom stereocenters. The SMILES string of the molecule is CCCCCCCCNCCC(=O)NC(C)(C)C. The number of hydrogen-bond acceptors (Lipinski definition) is 2. The third-order valence-electron chi connectivity index (χ3n) is 2.75. The quantitative estimate of drug-likeness (QED) is 0.589. The van der Waals surface area contributed by atoms with Gasteiger partial charge in [0.15, 0.2) is 0 Å². The van der Waals surface area contributed by atoms with Crippen molar-refractivity contribution in [2.24, 2.45) is 0 Å². The Morgan fingerprint density at radius 1 is 0.944 bits per heavy atom. The largest absolute Gasteiger partial charge is 0.351 e. The minimum atomic E-state index is -0.115. The molecule has 1 amide bonds. The standard InChI is InChI=1S/C15H32N2O/c1-5-6-7-8-9-10-12-16-13-11-14(18)17-15(2,3)4/h16H,5-13H2,1-4H3,(H,17,18). The topological polar surface area (TPSA) is 41.1 Å². The summed E-state index contributed by atoms with van der Waals surface area (Å²) in [5.74, 6) is 0.137. The predicted molar refractivity (Wildman–Crippen MR) is 78.8 cm³/mol. The van der Waals surface area contributed by atoms with Crippen LogP contribution in [0.5, 0.6) is 0 Å². The molecule has 0 spiro atoms. The summed E-state index contributed by atoms with van der Waals surface area (Å²) < 4.78 is 0. The molecule has 3 heteroatoms. The highest BCUT2D eigenvalue weighted by Gasteiger charge is 2.12. The van der Waals surface area contributed by atoms with Crippen molar-refractivity contribution in [3.63, 3.8) is 0 Å². The van der Waals surface area contributed by atoms with Crippen LogP contribution in [0.15, 0.2) is 0 Å². The van der Waals surface area contributed by atoms with Crippen molar-refractivity contribution in [1.82, 2.24) is 10.6 Å². The number of rotatable bonds is 10. The van der Waals surface area contributed by atoms with Crippen LogP contribution >= 0.6 is 0 Å². The minimum absolute atomic E-state index is 0.115. The minimum Gasteiger partial charge on any atom is -0.351 e. The van der Waals surface area contributed by atoms with Gasteiger partial charge in [-0.3, -0.25) is 4.79 Å². The van der Waals surface area contributed by atoms with E-state index in [1.165, 1.54) is 38.5 Å². The van der Waals surface area contributed by atoms with E-state index < -0.39 is 0 Å². The van der Waals surface area contributed by atoms with Crippen molar-refractivity contribution in [2.75, 3.05) is 13.1 Å². The van der Waals surface area contributed by atoms with E-state index in [4.69, 9.17) is 0 Å². The van der Waals surface area contributed by atoms with E-state index in [9.17, 15) is 4.79 Å². The normalized spacial score (nSPS) is 11.6. The fourth-order valence-corrected chi connectivity index (χ4v) is 1.84. The molecule has 0 aromatic rings. The van der Waals surface area contributed by atoms with Crippen LogP contribution in [0.2, 0.25) is 0 Å². The number of hydrogen-bond donors (Lipinski definition) is 2. The van der Waals surface area contributed by atoms with Gasteiger partial charge in [0.2, 0.25) is 5.91 Å². The first-order valence-electron chi connectivity index (χ1n) is 7.47. The van der Waals surface area contributed by atoms with Gasteiger partial charge in [-0.15, -0.1) is 0 Å². The van der Waals surface area contributed by atoms with E-state index in [0.717, 1.165) is 13.1 Å². The van der Waals surface area contributed by atoms with E-state index in [0.29, 0.717) is 6.42 Å². The van der Waals surface area contributed by atoms with Crippen molar-refractivity contribution in [2.45, 2.75) is 78.2 Å². The molecule has 0 saturated heterocycles.